The van der Waals surface area contributed by atoms with Crippen molar-refractivity contribution in [3.8, 4) is 0 Å². The van der Waals surface area contributed by atoms with Crippen molar-refractivity contribution in [2.24, 2.45) is 5.73 Å². The maximum Gasteiger partial charge on any atom is 0.321 e. The summed E-state index contributed by atoms with van der Waals surface area (Å²) in [6, 6.07) is -0.816. The molecule has 0 saturated heterocycles. The van der Waals surface area contributed by atoms with Gasteiger partial charge in [-0.05, 0) is 0 Å². The van der Waals surface area contributed by atoms with E-state index in [0.29, 0.717) is 0 Å². The van der Waals surface area contributed by atoms with Gasteiger partial charge < -0.3 is 36.1 Å². The van der Waals surface area contributed by atoms with E-state index in [0.717, 1.165) is 0 Å². The van der Waals surface area contributed by atoms with Gasteiger partial charge in [0, 0.05) is 5.75 Å². The number of carboxylic acid groups (broad SMARTS) is 1. The van der Waals surface area contributed by atoms with E-state index in [1.807, 2.05) is 0 Å². The highest BCUT2D eigenvalue weighted by molar-refractivity contribution is 7.80. The van der Waals surface area contributed by atoms with Crippen molar-refractivity contribution in [2.45, 2.75) is 24.4 Å². The average Bonchev–Trinajstić information content (AvgIpc) is 2.35. The zero-order chi connectivity index (χ0) is 14.0. The number of aliphatic hydroxyl groups excluding tert-OH is 4. The van der Waals surface area contributed by atoms with Gasteiger partial charge in [-0.3, -0.25) is 4.79 Å². The van der Waals surface area contributed by atoms with Crippen molar-refractivity contribution in [3.63, 3.8) is 0 Å². The van der Waals surface area contributed by atoms with Crippen LogP contribution in [0.25, 0.3) is 0 Å². The maximum absolute atomic E-state index is 9.76. The number of aliphatic carboxylic acids is 1. The van der Waals surface area contributed by atoms with Gasteiger partial charge in [-0.15, -0.1) is 0 Å². The highest BCUT2D eigenvalue weighted by Crippen LogP contribution is 1.96. The number of nitrogens with two attached hydrogens (primary N) is 1. The molecule has 102 valence electrons. The number of hydrogen-bond acceptors (Lipinski definition) is 8. The molecule has 0 fully saturated rings. The minimum absolute atomic E-state index is 0.0869. The Labute approximate surface area is 103 Å². The first-order valence-electron chi connectivity index (χ1n) is 4.51. The van der Waals surface area contributed by atoms with E-state index < -0.39 is 36.9 Å². The molecule has 0 unspecified atom stereocenters. The Morgan fingerprint density at radius 2 is 1.82 bits per heavy atom. The third-order valence-corrected chi connectivity index (χ3v) is 1.98. The van der Waals surface area contributed by atoms with Gasteiger partial charge in [0.1, 0.15) is 24.4 Å². The van der Waals surface area contributed by atoms with Gasteiger partial charge in [0.05, 0.1) is 6.61 Å². The van der Waals surface area contributed by atoms with Crippen LogP contribution in [0.5, 0.6) is 0 Å². The third kappa shape index (κ3) is 9.03. The van der Waals surface area contributed by atoms with Gasteiger partial charge >= 0.3 is 5.97 Å². The molecule has 8 nitrogen and oxygen atoms in total. The fourth-order valence-electron chi connectivity index (χ4n) is 0.494. The largest absolute Gasteiger partial charge is 0.480 e. The Bertz CT molecular complexity index is 228. The molecule has 0 radical (unpaired) electrons. The summed E-state index contributed by atoms with van der Waals surface area (Å²) in [5.41, 5.74) is 4.94. The van der Waals surface area contributed by atoms with E-state index in [1.54, 1.807) is 0 Å². The van der Waals surface area contributed by atoms with Gasteiger partial charge in [-0.25, -0.2) is 0 Å². The molecule has 0 aromatic carbocycles. The fourth-order valence-corrected chi connectivity index (χ4v) is 0.650. The molecule has 0 aromatic heterocycles. The normalized spacial score (nSPS) is 17.1. The molecule has 4 atom stereocenters. The molecule has 0 spiro atoms. The standard InChI is InChI=1S/C5H10O5.C3H7NO2S/c6-1-3(8)5(10)4(9)2-7;4-2(1-7)3(5)6/h1,3-5,7-10H,2H2;2,7H,1,4H2,(H,5,6)/t3-,4+,5-;2-/m00/s1. The van der Waals surface area contributed by atoms with Crippen LogP contribution in [0.15, 0.2) is 0 Å². The number of carbonyl (C=O) groups excluding carboxylic acids is 1. The molecule has 0 aliphatic heterocycles. The Morgan fingerprint density at radius 1 is 1.35 bits per heavy atom. The lowest BCUT2D eigenvalue weighted by atomic mass is 10.1. The summed E-state index contributed by atoms with van der Waals surface area (Å²) in [7, 11) is 0. The van der Waals surface area contributed by atoms with E-state index in [2.05, 4.69) is 12.6 Å². The van der Waals surface area contributed by atoms with E-state index in [4.69, 9.17) is 31.3 Å². The van der Waals surface area contributed by atoms with Crippen LogP contribution in [0.2, 0.25) is 0 Å². The van der Waals surface area contributed by atoms with Crippen LogP contribution in [0.3, 0.4) is 0 Å². The molecule has 0 rings (SSSR count). The first kappa shape index (κ1) is 18.6. The highest BCUT2D eigenvalue weighted by Gasteiger charge is 2.22. The van der Waals surface area contributed by atoms with Crippen molar-refractivity contribution < 1.29 is 35.1 Å². The number of thiol groups is 1. The zero-order valence-electron chi connectivity index (χ0n) is 8.88. The Morgan fingerprint density at radius 3 is 2.00 bits per heavy atom. The van der Waals surface area contributed by atoms with Crippen molar-refractivity contribution in [1.29, 1.82) is 0 Å². The lowest BCUT2D eigenvalue weighted by Crippen LogP contribution is -2.40. The van der Waals surface area contributed by atoms with Gasteiger partial charge in [0.25, 0.3) is 0 Å². The Kier molecular flexibility index (Phi) is 11.5. The highest BCUT2D eigenvalue weighted by atomic mass is 32.1. The number of carbonyl (C=O) groups is 2. The van der Waals surface area contributed by atoms with Crippen LogP contribution < -0.4 is 5.73 Å². The number of carboxylic acids is 1. The van der Waals surface area contributed by atoms with Gasteiger partial charge in [-0.2, -0.15) is 12.6 Å². The zero-order valence-corrected chi connectivity index (χ0v) is 9.77. The lowest BCUT2D eigenvalue weighted by molar-refractivity contribution is -0.137. The molecular weight excluding hydrogens is 254 g/mol. The summed E-state index contributed by atoms with van der Waals surface area (Å²) in [4.78, 5) is 19.5. The van der Waals surface area contributed by atoms with Gasteiger partial charge in [0.2, 0.25) is 0 Å². The molecule has 0 aliphatic carbocycles. The second-order valence-electron chi connectivity index (χ2n) is 2.99. The van der Waals surface area contributed by atoms with Crippen LogP contribution in [0.4, 0.5) is 0 Å². The number of aldehydes is 1. The van der Waals surface area contributed by atoms with Crippen molar-refractivity contribution >= 4 is 24.9 Å². The van der Waals surface area contributed by atoms with Crippen LogP contribution in [-0.2, 0) is 9.59 Å². The Balaban J connectivity index is 0. The minimum atomic E-state index is -1.64. The molecule has 0 bridgehead atoms. The van der Waals surface area contributed by atoms with Crippen molar-refractivity contribution in [1.82, 2.24) is 0 Å². The quantitative estimate of drug-likeness (QED) is 0.194. The number of rotatable bonds is 6. The molecule has 17 heavy (non-hydrogen) atoms. The van der Waals surface area contributed by atoms with Crippen LogP contribution in [-0.4, -0.2) is 74.5 Å². The molecule has 0 aliphatic rings. The number of hydrogen-bond donors (Lipinski definition) is 7. The molecule has 0 aromatic rings. The van der Waals surface area contributed by atoms with Crippen LogP contribution in [0, 0.1) is 0 Å². The molecule has 0 saturated carbocycles. The van der Waals surface area contributed by atoms with E-state index in [-0.39, 0.29) is 12.0 Å². The fraction of sp³-hybridized carbons (Fsp3) is 0.750. The van der Waals surface area contributed by atoms with Crippen molar-refractivity contribution in [3.05, 3.63) is 0 Å². The monoisotopic (exact) mass is 271 g/mol. The second-order valence-corrected chi connectivity index (χ2v) is 3.36. The summed E-state index contributed by atoms with van der Waals surface area (Å²) in [6.07, 6.45) is -4.63. The predicted molar refractivity (Wildman–Crippen MR) is 60.6 cm³/mol. The molecule has 0 amide bonds. The molecule has 7 N–H and O–H groups in total. The SMILES string of the molecule is N[C@@H](CS)C(=O)O.O=C[C@H](O)[C@H](O)[C@H](O)CO. The summed E-state index contributed by atoms with van der Waals surface area (Å²) in [5.74, 6) is -0.815. The van der Waals surface area contributed by atoms with Crippen molar-refractivity contribution in [2.75, 3.05) is 12.4 Å². The van der Waals surface area contributed by atoms with Gasteiger partial charge in [0.15, 0.2) is 6.29 Å². The lowest BCUT2D eigenvalue weighted by Gasteiger charge is -2.16. The maximum atomic E-state index is 9.76. The molecule has 9 heteroatoms. The topological polar surface area (TPSA) is 161 Å². The molecule has 0 heterocycles. The summed E-state index contributed by atoms with van der Waals surface area (Å²) >= 11 is 3.65. The molecular formula is C8H17NO7S. The smallest absolute Gasteiger partial charge is 0.321 e. The van der Waals surface area contributed by atoms with E-state index >= 15 is 0 Å². The van der Waals surface area contributed by atoms with E-state index in [1.165, 1.54) is 0 Å². The average molecular weight is 271 g/mol. The van der Waals surface area contributed by atoms with Crippen LogP contribution in [0.1, 0.15) is 0 Å². The summed E-state index contributed by atoms with van der Waals surface area (Å²) in [5, 5.41) is 42.1. The van der Waals surface area contributed by atoms with E-state index in [9.17, 15) is 9.59 Å². The first-order chi connectivity index (χ1) is 7.81. The van der Waals surface area contributed by atoms with Crippen LogP contribution >= 0.6 is 12.6 Å². The summed E-state index contributed by atoms with van der Waals surface area (Å²) in [6.45, 7) is -0.688. The first-order valence-corrected chi connectivity index (χ1v) is 5.14. The minimum Gasteiger partial charge on any atom is -0.480 e. The predicted octanol–water partition coefficient (Wildman–Crippen LogP) is -3.41. The summed E-state index contributed by atoms with van der Waals surface area (Å²) < 4.78 is 0. The number of aliphatic hydroxyl groups is 4. The van der Waals surface area contributed by atoms with Gasteiger partial charge in [-0.1, -0.05) is 0 Å². The third-order valence-electron chi connectivity index (χ3n) is 1.58. The second kappa shape index (κ2) is 10.4. The Hall–Kier alpha value is -0.710.